The molecule has 1 aromatic heterocycles. The molecule has 0 fully saturated rings. The van der Waals surface area contributed by atoms with E-state index in [4.69, 9.17) is 0 Å². The number of rotatable bonds is 2. The number of pyridine rings is 1. The Morgan fingerprint density at radius 2 is 2.19 bits per heavy atom. The first-order chi connectivity index (χ1) is 10.1. The molecule has 0 saturated heterocycles. The summed E-state index contributed by atoms with van der Waals surface area (Å²) in [5.41, 5.74) is 4.31. The molecule has 0 atom stereocenters. The molecule has 2 heterocycles. The number of urea groups is 1. The zero-order valence-electron chi connectivity index (χ0n) is 12.3. The SMILES string of the molecule is CC(C)c1ccc2c(c1)CCN2C(=O)Nc1cccnc1. The van der Waals surface area contributed by atoms with Crippen molar-refractivity contribution in [1.29, 1.82) is 0 Å². The quantitative estimate of drug-likeness (QED) is 0.910. The molecule has 21 heavy (non-hydrogen) atoms. The van der Waals surface area contributed by atoms with Crippen LogP contribution in [0.4, 0.5) is 16.2 Å². The molecule has 1 aromatic carbocycles. The molecule has 0 spiro atoms. The first-order valence-electron chi connectivity index (χ1n) is 7.26. The summed E-state index contributed by atoms with van der Waals surface area (Å²) < 4.78 is 0. The highest BCUT2D eigenvalue weighted by Gasteiger charge is 2.25. The van der Waals surface area contributed by atoms with Crippen LogP contribution in [0.1, 0.15) is 30.9 Å². The smallest absolute Gasteiger partial charge is 0.306 e. The van der Waals surface area contributed by atoms with E-state index in [0.717, 1.165) is 24.3 Å². The van der Waals surface area contributed by atoms with Crippen LogP contribution in [0.25, 0.3) is 0 Å². The standard InChI is InChI=1S/C17H19N3O/c1-12(2)13-5-6-16-14(10-13)7-9-20(16)17(21)19-15-4-3-8-18-11-15/h3-6,8,10-12H,7,9H2,1-2H3,(H,19,21). The maximum Gasteiger partial charge on any atom is 0.326 e. The van der Waals surface area contributed by atoms with Crippen LogP contribution in [0.15, 0.2) is 42.7 Å². The number of carbonyl (C=O) groups is 1. The summed E-state index contributed by atoms with van der Waals surface area (Å²) in [4.78, 5) is 18.2. The lowest BCUT2D eigenvalue weighted by Gasteiger charge is -2.18. The van der Waals surface area contributed by atoms with Crippen molar-refractivity contribution in [3.63, 3.8) is 0 Å². The molecule has 4 nitrogen and oxygen atoms in total. The molecule has 3 rings (SSSR count). The van der Waals surface area contributed by atoms with Crippen LogP contribution in [-0.2, 0) is 6.42 Å². The van der Waals surface area contributed by atoms with E-state index in [0.29, 0.717) is 5.92 Å². The molecular formula is C17H19N3O. The molecule has 2 aromatic rings. The Labute approximate surface area is 124 Å². The van der Waals surface area contributed by atoms with Gasteiger partial charge in [0.05, 0.1) is 11.9 Å². The Morgan fingerprint density at radius 1 is 1.33 bits per heavy atom. The lowest BCUT2D eigenvalue weighted by Crippen LogP contribution is -2.33. The van der Waals surface area contributed by atoms with E-state index < -0.39 is 0 Å². The van der Waals surface area contributed by atoms with Crippen molar-refractivity contribution in [2.45, 2.75) is 26.2 Å². The fourth-order valence-corrected chi connectivity index (χ4v) is 2.62. The van der Waals surface area contributed by atoms with E-state index in [1.165, 1.54) is 11.1 Å². The van der Waals surface area contributed by atoms with E-state index in [9.17, 15) is 4.79 Å². The van der Waals surface area contributed by atoms with E-state index in [1.54, 1.807) is 17.3 Å². The monoisotopic (exact) mass is 281 g/mol. The van der Waals surface area contributed by atoms with Crippen LogP contribution in [0.5, 0.6) is 0 Å². The molecule has 4 heteroatoms. The van der Waals surface area contributed by atoms with Gasteiger partial charge < -0.3 is 5.32 Å². The lowest BCUT2D eigenvalue weighted by molar-refractivity contribution is 0.257. The predicted octanol–water partition coefficient (Wildman–Crippen LogP) is 3.80. The van der Waals surface area contributed by atoms with Crippen LogP contribution in [0, 0.1) is 0 Å². The number of hydrogen-bond acceptors (Lipinski definition) is 2. The van der Waals surface area contributed by atoms with Crippen molar-refractivity contribution in [3.05, 3.63) is 53.9 Å². The fourth-order valence-electron chi connectivity index (χ4n) is 2.62. The minimum Gasteiger partial charge on any atom is -0.306 e. The zero-order valence-corrected chi connectivity index (χ0v) is 12.3. The topological polar surface area (TPSA) is 45.2 Å². The molecule has 1 aliphatic rings. The number of amides is 2. The molecular weight excluding hydrogens is 262 g/mol. The van der Waals surface area contributed by atoms with Crippen LogP contribution in [-0.4, -0.2) is 17.6 Å². The Bertz CT molecular complexity index is 652. The van der Waals surface area contributed by atoms with Gasteiger partial charge in [0.1, 0.15) is 0 Å². The van der Waals surface area contributed by atoms with Gasteiger partial charge in [-0.2, -0.15) is 0 Å². The summed E-state index contributed by atoms with van der Waals surface area (Å²) in [6, 6.07) is 9.93. The van der Waals surface area contributed by atoms with Gasteiger partial charge in [-0.05, 0) is 41.7 Å². The van der Waals surface area contributed by atoms with Gasteiger partial charge in [-0.1, -0.05) is 26.0 Å². The van der Waals surface area contributed by atoms with Gasteiger partial charge in [0.15, 0.2) is 0 Å². The van der Waals surface area contributed by atoms with Crippen molar-refractivity contribution < 1.29 is 4.79 Å². The van der Waals surface area contributed by atoms with Crippen LogP contribution >= 0.6 is 0 Å². The van der Waals surface area contributed by atoms with Gasteiger partial charge in [-0.15, -0.1) is 0 Å². The van der Waals surface area contributed by atoms with Crippen molar-refractivity contribution in [2.24, 2.45) is 0 Å². The van der Waals surface area contributed by atoms with Gasteiger partial charge in [0.2, 0.25) is 0 Å². The number of fused-ring (bicyclic) bond motifs is 1. The average Bonchev–Trinajstić information content (AvgIpc) is 2.91. The highest BCUT2D eigenvalue weighted by molar-refractivity contribution is 6.03. The third-order valence-electron chi connectivity index (χ3n) is 3.82. The number of benzene rings is 1. The summed E-state index contributed by atoms with van der Waals surface area (Å²) in [7, 11) is 0. The van der Waals surface area contributed by atoms with Gasteiger partial charge in [-0.3, -0.25) is 9.88 Å². The zero-order chi connectivity index (χ0) is 14.8. The Hall–Kier alpha value is -2.36. The summed E-state index contributed by atoms with van der Waals surface area (Å²) in [6.07, 6.45) is 4.25. The second kappa shape index (κ2) is 5.56. The maximum atomic E-state index is 12.4. The number of anilines is 2. The Morgan fingerprint density at radius 3 is 2.90 bits per heavy atom. The van der Waals surface area contributed by atoms with E-state index >= 15 is 0 Å². The molecule has 0 saturated carbocycles. The Balaban J connectivity index is 1.79. The summed E-state index contributed by atoms with van der Waals surface area (Å²) in [6.45, 7) is 5.09. The number of carbonyl (C=O) groups excluding carboxylic acids is 1. The molecule has 108 valence electrons. The second-order valence-electron chi connectivity index (χ2n) is 5.62. The minimum absolute atomic E-state index is 0.0981. The largest absolute Gasteiger partial charge is 0.326 e. The molecule has 0 aliphatic carbocycles. The van der Waals surface area contributed by atoms with Crippen LogP contribution in [0.2, 0.25) is 0 Å². The van der Waals surface area contributed by atoms with E-state index in [1.807, 2.05) is 12.1 Å². The maximum absolute atomic E-state index is 12.4. The third kappa shape index (κ3) is 2.75. The van der Waals surface area contributed by atoms with Crippen molar-refractivity contribution in [1.82, 2.24) is 4.98 Å². The molecule has 0 radical (unpaired) electrons. The van der Waals surface area contributed by atoms with Crippen molar-refractivity contribution in [2.75, 3.05) is 16.8 Å². The van der Waals surface area contributed by atoms with Gasteiger partial charge >= 0.3 is 6.03 Å². The summed E-state index contributed by atoms with van der Waals surface area (Å²) in [5.74, 6) is 0.508. The molecule has 1 N–H and O–H groups in total. The van der Waals surface area contributed by atoms with Crippen LogP contribution < -0.4 is 10.2 Å². The number of nitrogens with one attached hydrogen (secondary N) is 1. The normalized spacial score (nSPS) is 13.4. The van der Waals surface area contributed by atoms with Crippen molar-refractivity contribution in [3.8, 4) is 0 Å². The predicted molar refractivity (Wildman–Crippen MR) is 84.8 cm³/mol. The number of aromatic nitrogens is 1. The molecule has 0 bridgehead atoms. The molecule has 1 aliphatic heterocycles. The third-order valence-corrected chi connectivity index (χ3v) is 3.82. The fraction of sp³-hybridized carbons (Fsp3) is 0.294. The number of nitrogens with zero attached hydrogens (tertiary/aromatic N) is 2. The van der Waals surface area contributed by atoms with E-state index in [2.05, 4.69) is 42.3 Å². The van der Waals surface area contributed by atoms with Gasteiger partial charge in [0, 0.05) is 18.4 Å². The first-order valence-corrected chi connectivity index (χ1v) is 7.26. The Kier molecular flexibility index (Phi) is 3.60. The highest BCUT2D eigenvalue weighted by atomic mass is 16.2. The van der Waals surface area contributed by atoms with Gasteiger partial charge in [0.25, 0.3) is 0 Å². The minimum atomic E-state index is -0.0981. The average molecular weight is 281 g/mol. The second-order valence-corrected chi connectivity index (χ2v) is 5.62. The molecule has 2 amide bonds. The lowest BCUT2D eigenvalue weighted by atomic mass is 10.00. The van der Waals surface area contributed by atoms with Gasteiger partial charge in [-0.25, -0.2) is 4.79 Å². The molecule has 0 unspecified atom stereocenters. The van der Waals surface area contributed by atoms with Crippen molar-refractivity contribution >= 4 is 17.4 Å². The number of hydrogen-bond donors (Lipinski definition) is 1. The first kappa shape index (κ1) is 13.6. The van der Waals surface area contributed by atoms with Crippen LogP contribution in [0.3, 0.4) is 0 Å². The summed E-state index contributed by atoms with van der Waals surface area (Å²) >= 11 is 0. The summed E-state index contributed by atoms with van der Waals surface area (Å²) in [5, 5.41) is 2.89. The highest BCUT2D eigenvalue weighted by Crippen LogP contribution is 2.31. The van der Waals surface area contributed by atoms with E-state index in [-0.39, 0.29) is 6.03 Å².